The normalized spacial score (nSPS) is 11.5. The molecule has 0 unspecified atom stereocenters. The summed E-state index contributed by atoms with van der Waals surface area (Å²) in [5, 5.41) is 5.72. The molecule has 0 heterocycles. The van der Waals surface area contributed by atoms with E-state index in [2.05, 4.69) is 31.7 Å². The zero-order chi connectivity index (χ0) is 15.6. The minimum Gasteiger partial charge on any atom is -0.355 e. The van der Waals surface area contributed by atoms with Gasteiger partial charge in [-0.05, 0) is 26.9 Å². The van der Waals surface area contributed by atoms with Crippen LogP contribution in [0.1, 0.15) is 19.8 Å². The van der Waals surface area contributed by atoms with Gasteiger partial charge in [-0.15, -0.1) is 0 Å². The number of nitrogens with one attached hydrogen (secondary N) is 2. The molecule has 0 aliphatic carbocycles. The highest BCUT2D eigenvalue weighted by Gasteiger charge is 2.18. The van der Waals surface area contributed by atoms with E-state index in [0.29, 0.717) is 30.7 Å². The maximum Gasteiger partial charge on any atom is 0.275 e. The van der Waals surface area contributed by atoms with E-state index >= 15 is 0 Å². The van der Waals surface area contributed by atoms with E-state index in [9.17, 15) is 9.59 Å². The van der Waals surface area contributed by atoms with Gasteiger partial charge in [-0.1, -0.05) is 6.92 Å². The molecule has 0 bridgehead atoms. The van der Waals surface area contributed by atoms with Gasteiger partial charge in [0.2, 0.25) is 5.91 Å². The van der Waals surface area contributed by atoms with Gasteiger partial charge in [-0.3, -0.25) is 9.59 Å². The quantitative estimate of drug-likeness (QED) is 0.427. The van der Waals surface area contributed by atoms with Gasteiger partial charge in [0.25, 0.3) is 5.91 Å². The summed E-state index contributed by atoms with van der Waals surface area (Å²) in [7, 11) is 7.83. The smallest absolute Gasteiger partial charge is 0.275 e. The van der Waals surface area contributed by atoms with E-state index in [1.165, 1.54) is 0 Å². The third-order valence-electron chi connectivity index (χ3n) is 2.86. The van der Waals surface area contributed by atoms with Gasteiger partial charge < -0.3 is 20.0 Å². The Morgan fingerprint density at radius 2 is 1.60 bits per heavy atom. The first kappa shape index (κ1) is 18.9. The molecule has 0 aromatic rings. The van der Waals surface area contributed by atoms with Crippen LogP contribution in [-0.4, -0.2) is 82.1 Å². The van der Waals surface area contributed by atoms with E-state index in [0.717, 1.165) is 19.4 Å². The topological polar surface area (TPSA) is 61.4 Å². The number of carbonyl (C=O) groups excluding carboxylic acids is 2. The summed E-state index contributed by atoms with van der Waals surface area (Å²) in [5.74, 6) is 0.0881. The molecule has 0 aliphatic heterocycles. The van der Waals surface area contributed by atoms with Gasteiger partial charge in [0.05, 0.1) is 27.2 Å². The van der Waals surface area contributed by atoms with Crippen molar-refractivity contribution in [2.75, 3.05) is 60.9 Å². The molecule has 2 N–H and O–H groups in total. The Morgan fingerprint density at radius 1 is 1.05 bits per heavy atom. The number of quaternary nitrogens is 1. The molecule has 0 saturated carbocycles. The molecule has 0 aliphatic rings. The molecule has 0 atom stereocenters. The SMILES string of the molecule is CCC[N+](C)(C)CC(=O)NCCCNC(=O)CN(C)C. The number of carbonyl (C=O) groups is 2. The van der Waals surface area contributed by atoms with Crippen molar-refractivity contribution in [1.29, 1.82) is 0 Å². The van der Waals surface area contributed by atoms with Crippen LogP contribution in [0.5, 0.6) is 0 Å². The Balaban J connectivity index is 3.65. The number of amides is 2. The molecule has 20 heavy (non-hydrogen) atoms. The van der Waals surface area contributed by atoms with Crippen LogP contribution in [0.25, 0.3) is 0 Å². The summed E-state index contributed by atoms with van der Waals surface area (Å²) in [5.41, 5.74) is 0. The summed E-state index contributed by atoms with van der Waals surface area (Å²) >= 11 is 0. The fraction of sp³-hybridized carbons (Fsp3) is 0.857. The molecule has 0 rings (SSSR count). The number of nitrogens with zero attached hydrogens (tertiary/aromatic N) is 2. The fourth-order valence-corrected chi connectivity index (χ4v) is 2.02. The highest BCUT2D eigenvalue weighted by Crippen LogP contribution is 1.97. The predicted molar refractivity (Wildman–Crippen MR) is 81.3 cm³/mol. The van der Waals surface area contributed by atoms with Crippen molar-refractivity contribution in [2.24, 2.45) is 0 Å². The van der Waals surface area contributed by atoms with Crippen molar-refractivity contribution in [1.82, 2.24) is 15.5 Å². The number of rotatable bonds is 10. The minimum absolute atomic E-state index is 0.0158. The lowest BCUT2D eigenvalue weighted by atomic mass is 10.3. The third kappa shape index (κ3) is 10.8. The third-order valence-corrected chi connectivity index (χ3v) is 2.86. The van der Waals surface area contributed by atoms with E-state index in [-0.39, 0.29) is 11.8 Å². The zero-order valence-electron chi connectivity index (χ0n) is 13.7. The van der Waals surface area contributed by atoms with Crippen molar-refractivity contribution in [3.05, 3.63) is 0 Å². The first-order valence-electron chi connectivity index (χ1n) is 7.27. The van der Waals surface area contributed by atoms with Crippen LogP contribution < -0.4 is 10.6 Å². The molecular formula is C14H31N4O2+. The van der Waals surface area contributed by atoms with Gasteiger partial charge in [0, 0.05) is 13.1 Å². The van der Waals surface area contributed by atoms with Crippen molar-refractivity contribution in [2.45, 2.75) is 19.8 Å². The van der Waals surface area contributed by atoms with Gasteiger partial charge in [-0.2, -0.15) is 0 Å². The van der Waals surface area contributed by atoms with Crippen LogP contribution in [0.15, 0.2) is 0 Å². The van der Waals surface area contributed by atoms with Crippen molar-refractivity contribution in [3.8, 4) is 0 Å². The molecule has 0 aromatic carbocycles. The van der Waals surface area contributed by atoms with Crippen molar-refractivity contribution in [3.63, 3.8) is 0 Å². The van der Waals surface area contributed by atoms with Gasteiger partial charge >= 0.3 is 0 Å². The summed E-state index contributed by atoms with van der Waals surface area (Å²) in [6.07, 6.45) is 1.82. The van der Waals surface area contributed by atoms with Crippen LogP contribution in [0.3, 0.4) is 0 Å². The number of hydrogen-bond donors (Lipinski definition) is 2. The molecule has 0 saturated heterocycles. The maximum absolute atomic E-state index is 11.8. The Bertz CT molecular complexity index is 304. The predicted octanol–water partition coefficient (Wildman–Crippen LogP) is -0.343. The monoisotopic (exact) mass is 287 g/mol. The molecule has 0 aromatic heterocycles. The van der Waals surface area contributed by atoms with Crippen LogP contribution in [0, 0.1) is 0 Å². The molecule has 6 nitrogen and oxygen atoms in total. The maximum atomic E-state index is 11.8. The number of hydrogen-bond acceptors (Lipinski definition) is 3. The summed E-state index contributed by atoms with van der Waals surface area (Å²) < 4.78 is 0.710. The summed E-state index contributed by atoms with van der Waals surface area (Å²) in [6, 6.07) is 0. The van der Waals surface area contributed by atoms with E-state index < -0.39 is 0 Å². The average Bonchev–Trinajstić information content (AvgIpc) is 2.26. The van der Waals surface area contributed by atoms with E-state index in [1.807, 2.05) is 19.0 Å². The fourth-order valence-electron chi connectivity index (χ4n) is 2.02. The van der Waals surface area contributed by atoms with E-state index in [1.54, 1.807) is 0 Å². The number of likely N-dealkylation sites (N-methyl/N-ethyl adjacent to an activating group) is 2. The summed E-state index contributed by atoms with van der Waals surface area (Å²) in [4.78, 5) is 24.9. The standard InChI is InChI=1S/C14H30N4O2/c1-6-10-18(4,5)12-14(20)16-9-7-8-15-13(19)11-17(2)3/h6-12H2,1-5H3,(H-,15,16,19,20)/p+1. The molecule has 118 valence electrons. The first-order valence-corrected chi connectivity index (χ1v) is 7.27. The first-order chi connectivity index (χ1) is 9.26. The molecule has 0 spiro atoms. The Labute approximate surface area is 123 Å². The molecular weight excluding hydrogens is 256 g/mol. The zero-order valence-corrected chi connectivity index (χ0v) is 13.7. The van der Waals surface area contributed by atoms with Crippen molar-refractivity contribution < 1.29 is 14.1 Å². The van der Waals surface area contributed by atoms with Gasteiger partial charge in [-0.25, -0.2) is 0 Å². The van der Waals surface area contributed by atoms with Crippen LogP contribution in [0.2, 0.25) is 0 Å². The molecule has 0 radical (unpaired) electrons. The molecule has 0 fully saturated rings. The second-order valence-electron chi connectivity index (χ2n) is 6.11. The lowest BCUT2D eigenvalue weighted by Gasteiger charge is -2.28. The van der Waals surface area contributed by atoms with Crippen molar-refractivity contribution >= 4 is 11.8 Å². The summed E-state index contributed by atoms with van der Waals surface area (Å²) in [6.45, 7) is 5.21. The average molecular weight is 287 g/mol. The van der Waals surface area contributed by atoms with Crippen LogP contribution in [-0.2, 0) is 9.59 Å². The van der Waals surface area contributed by atoms with Gasteiger partial charge in [0.1, 0.15) is 0 Å². The van der Waals surface area contributed by atoms with Crippen LogP contribution in [0.4, 0.5) is 0 Å². The Morgan fingerprint density at radius 3 is 2.10 bits per heavy atom. The van der Waals surface area contributed by atoms with E-state index in [4.69, 9.17) is 0 Å². The highest BCUT2D eigenvalue weighted by atomic mass is 16.2. The largest absolute Gasteiger partial charge is 0.355 e. The van der Waals surface area contributed by atoms with Gasteiger partial charge in [0.15, 0.2) is 6.54 Å². The molecule has 2 amide bonds. The second-order valence-corrected chi connectivity index (χ2v) is 6.11. The van der Waals surface area contributed by atoms with Crippen LogP contribution >= 0.6 is 0 Å². The Kier molecular flexibility index (Phi) is 9.16. The lowest BCUT2D eigenvalue weighted by Crippen LogP contribution is -2.48. The Hall–Kier alpha value is -1.14. The lowest BCUT2D eigenvalue weighted by molar-refractivity contribution is -0.882. The molecule has 6 heteroatoms. The second kappa shape index (κ2) is 9.72. The minimum atomic E-state index is 0.0158. The highest BCUT2D eigenvalue weighted by molar-refractivity contribution is 5.78.